The number of nitrogens with zero attached hydrogens (tertiary/aromatic N) is 1. The molecule has 0 saturated heterocycles. The fraction of sp³-hybridized carbons (Fsp3) is 1.00. The quantitative estimate of drug-likeness (QED) is 0.598. The molecule has 0 aliphatic heterocycles. The molecule has 0 aromatic carbocycles. The minimum absolute atomic E-state index is 0.171. The van der Waals surface area contributed by atoms with Gasteiger partial charge in [-0.3, -0.25) is 0 Å². The van der Waals surface area contributed by atoms with Crippen LogP contribution in [-0.2, 0) is 19.6 Å². The molecule has 8 heavy (non-hydrogen) atoms. The molecule has 0 spiro atoms. The Hall–Kier alpha value is 0.488. The molecule has 0 aliphatic rings. The van der Waals surface area contributed by atoms with Gasteiger partial charge >= 0.3 is 62.3 Å². The molecule has 0 amide bonds. The van der Waals surface area contributed by atoms with E-state index < -0.39 is 0 Å². The van der Waals surface area contributed by atoms with Crippen LogP contribution >= 0.6 is 0 Å². The standard InChI is InChI=1S/C6H13N.Mo/c1-5(2)6(3,4)7;/h5H,1-4H3;. The third-order valence-electron chi connectivity index (χ3n) is 1.65. The number of hydrogen-bond acceptors (Lipinski definition) is 1. The van der Waals surface area contributed by atoms with E-state index in [1.807, 2.05) is 19.6 Å². The molecule has 0 aliphatic carbocycles. The molecule has 48 valence electrons. The molecule has 0 rings (SSSR count). The van der Waals surface area contributed by atoms with E-state index in [1.165, 1.54) is 0 Å². The van der Waals surface area contributed by atoms with Crippen LogP contribution < -0.4 is 0 Å². The van der Waals surface area contributed by atoms with Crippen LogP contribution in [0.25, 0.3) is 0 Å². The van der Waals surface area contributed by atoms with Crippen molar-refractivity contribution in [3.05, 3.63) is 0 Å². The van der Waals surface area contributed by atoms with Crippen molar-refractivity contribution in [3.63, 3.8) is 0 Å². The van der Waals surface area contributed by atoms with Crippen molar-refractivity contribution in [1.82, 2.24) is 0 Å². The Bertz CT molecular complexity index is 86.5. The van der Waals surface area contributed by atoms with E-state index in [4.69, 9.17) is 0 Å². The Morgan fingerprint density at radius 1 is 1.38 bits per heavy atom. The maximum atomic E-state index is 4.23. The van der Waals surface area contributed by atoms with E-state index in [1.54, 1.807) is 0 Å². The van der Waals surface area contributed by atoms with E-state index >= 15 is 0 Å². The molecule has 0 fully saturated rings. The zero-order valence-electron chi connectivity index (χ0n) is 5.93. The fourth-order valence-corrected chi connectivity index (χ4v) is 0.624. The average Bonchev–Trinajstić information content (AvgIpc) is 1.67. The second-order valence-corrected chi connectivity index (χ2v) is 3.35. The molecule has 0 aromatic heterocycles. The Kier molecular flexibility index (Phi) is 3.04. The van der Waals surface area contributed by atoms with Gasteiger partial charge in [0, 0.05) is 0 Å². The summed E-state index contributed by atoms with van der Waals surface area (Å²) in [6.45, 7) is 8.68. The molecule has 0 atom stereocenters. The summed E-state index contributed by atoms with van der Waals surface area (Å²) < 4.78 is 4.23. The van der Waals surface area contributed by atoms with Crippen LogP contribution in [0.3, 0.4) is 0 Å². The van der Waals surface area contributed by atoms with Gasteiger partial charge in [0.25, 0.3) is 0 Å². The van der Waals surface area contributed by atoms with Gasteiger partial charge in [-0.25, -0.2) is 0 Å². The van der Waals surface area contributed by atoms with Gasteiger partial charge in [-0.05, 0) is 0 Å². The summed E-state index contributed by atoms with van der Waals surface area (Å²) >= 11 is 1.81. The SMILES string of the molecule is CC(C)C(C)(C)[N]=[Mo]. The van der Waals surface area contributed by atoms with Crippen molar-refractivity contribution in [2.24, 2.45) is 9.41 Å². The van der Waals surface area contributed by atoms with E-state index in [9.17, 15) is 0 Å². The minimum atomic E-state index is 0.171. The number of hydrogen-bond donors (Lipinski definition) is 0. The van der Waals surface area contributed by atoms with Crippen LogP contribution in [0.2, 0.25) is 0 Å². The Morgan fingerprint density at radius 2 is 1.75 bits per heavy atom. The first kappa shape index (κ1) is 8.49. The topological polar surface area (TPSA) is 12.4 Å². The molecule has 0 aromatic rings. The summed E-state index contributed by atoms with van der Waals surface area (Å²) in [7, 11) is 0. The van der Waals surface area contributed by atoms with Crippen LogP contribution in [0.5, 0.6) is 0 Å². The van der Waals surface area contributed by atoms with E-state index in [2.05, 4.69) is 31.2 Å². The van der Waals surface area contributed by atoms with Gasteiger partial charge in [0.05, 0.1) is 0 Å². The second-order valence-electron chi connectivity index (χ2n) is 2.90. The molecule has 2 heteroatoms. The molecule has 0 heterocycles. The van der Waals surface area contributed by atoms with Crippen molar-refractivity contribution < 1.29 is 19.6 Å². The predicted octanol–water partition coefficient (Wildman–Crippen LogP) is 2.15. The maximum absolute atomic E-state index is 4.23. The third kappa shape index (κ3) is 2.17. The Morgan fingerprint density at radius 3 is 1.75 bits per heavy atom. The third-order valence-corrected chi connectivity index (χ3v) is 2.80. The first-order valence-electron chi connectivity index (χ1n) is 2.85. The molecular formula is C6H13MoN. The Balaban J connectivity index is 3.90. The Labute approximate surface area is 62.6 Å². The average molecular weight is 195 g/mol. The van der Waals surface area contributed by atoms with E-state index in [0.29, 0.717) is 5.92 Å². The monoisotopic (exact) mass is 197 g/mol. The first-order chi connectivity index (χ1) is 3.50. The van der Waals surface area contributed by atoms with Crippen molar-refractivity contribution in [2.75, 3.05) is 0 Å². The van der Waals surface area contributed by atoms with Crippen LogP contribution in [-0.4, -0.2) is 5.54 Å². The normalized spacial score (nSPS) is 12.1. The zero-order chi connectivity index (χ0) is 6.78. The summed E-state index contributed by atoms with van der Waals surface area (Å²) in [6, 6.07) is 0. The predicted molar refractivity (Wildman–Crippen MR) is 31.3 cm³/mol. The van der Waals surface area contributed by atoms with Gasteiger partial charge in [-0.1, -0.05) is 0 Å². The van der Waals surface area contributed by atoms with Crippen molar-refractivity contribution in [1.29, 1.82) is 0 Å². The van der Waals surface area contributed by atoms with Gasteiger partial charge in [-0.2, -0.15) is 0 Å². The van der Waals surface area contributed by atoms with Crippen molar-refractivity contribution in [3.8, 4) is 0 Å². The zero-order valence-corrected chi connectivity index (χ0v) is 7.94. The van der Waals surface area contributed by atoms with Gasteiger partial charge in [0.1, 0.15) is 0 Å². The summed E-state index contributed by atoms with van der Waals surface area (Å²) in [4.78, 5) is 0. The number of rotatable bonds is 2. The van der Waals surface area contributed by atoms with E-state index in [-0.39, 0.29) is 5.54 Å². The molecule has 0 radical (unpaired) electrons. The molecule has 0 N–H and O–H groups in total. The second kappa shape index (κ2) is 2.87. The molecule has 1 nitrogen and oxygen atoms in total. The van der Waals surface area contributed by atoms with Crippen LogP contribution in [0, 0.1) is 5.92 Å². The van der Waals surface area contributed by atoms with E-state index in [0.717, 1.165) is 0 Å². The molecule has 0 bridgehead atoms. The molecular weight excluding hydrogens is 182 g/mol. The summed E-state index contributed by atoms with van der Waals surface area (Å²) in [6.07, 6.45) is 0. The molecule has 0 unspecified atom stereocenters. The summed E-state index contributed by atoms with van der Waals surface area (Å²) in [5.41, 5.74) is 0.171. The van der Waals surface area contributed by atoms with Gasteiger partial charge in [0.2, 0.25) is 0 Å². The van der Waals surface area contributed by atoms with Crippen LogP contribution in [0.1, 0.15) is 27.7 Å². The van der Waals surface area contributed by atoms with Crippen molar-refractivity contribution >= 4 is 0 Å². The first-order valence-corrected chi connectivity index (χ1v) is 3.75. The summed E-state index contributed by atoms with van der Waals surface area (Å²) in [5, 5.41) is 0. The van der Waals surface area contributed by atoms with Gasteiger partial charge in [0.15, 0.2) is 0 Å². The van der Waals surface area contributed by atoms with Crippen molar-refractivity contribution in [2.45, 2.75) is 33.2 Å². The fourth-order valence-electron chi connectivity index (χ4n) is 0.105. The summed E-state index contributed by atoms with van der Waals surface area (Å²) in [5.74, 6) is 0.648. The van der Waals surface area contributed by atoms with Gasteiger partial charge in [-0.15, -0.1) is 0 Å². The van der Waals surface area contributed by atoms with Gasteiger partial charge < -0.3 is 0 Å². The van der Waals surface area contributed by atoms with Crippen LogP contribution in [0.15, 0.2) is 3.50 Å². The van der Waals surface area contributed by atoms with Crippen LogP contribution in [0.4, 0.5) is 0 Å². The molecule has 0 saturated carbocycles.